The summed E-state index contributed by atoms with van der Waals surface area (Å²) in [6, 6.07) is 12.4. The van der Waals surface area contributed by atoms with E-state index < -0.39 is 0 Å². The van der Waals surface area contributed by atoms with Crippen LogP contribution >= 0.6 is 0 Å². The van der Waals surface area contributed by atoms with Crippen LogP contribution in [0.4, 0.5) is 5.69 Å². The minimum absolute atomic E-state index is 0.103. The summed E-state index contributed by atoms with van der Waals surface area (Å²) in [5, 5.41) is 3.31. The number of benzene rings is 2. The predicted octanol–water partition coefficient (Wildman–Crippen LogP) is 2.37. The van der Waals surface area contributed by atoms with Crippen molar-refractivity contribution < 1.29 is 14.3 Å². The number of anilines is 1. The molecule has 0 bridgehead atoms. The summed E-state index contributed by atoms with van der Waals surface area (Å²) in [6.45, 7) is 2.79. The zero-order chi connectivity index (χ0) is 18.8. The van der Waals surface area contributed by atoms with Crippen LogP contribution in [0.3, 0.4) is 0 Å². The largest absolute Gasteiger partial charge is 0.486 e. The molecule has 1 aliphatic heterocycles. The molecule has 4 rings (SSSR count). The number of rotatable bonds is 4. The molecule has 1 aromatic heterocycles. The van der Waals surface area contributed by atoms with E-state index >= 15 is 0 Å². The second-order valence-electron chi connectivity index (χ2n) is 6.20. The maximum Gasteiger partial charge on any atom is 0.261 e. The molecule has 0 saturated carbocycles. The zero-order valence-electron chi connectivity index (χ0n) is 14.9. The summed E-state index contributed by atoms with van der Waals surface area (Å²) >= 11 is 0. The van der Waals surface area contributed by atoms with Gasteiger partial charge in [0.05, 0.1) is 10.9 Å². The first-order valence-corrected chi connectivity index (χ1v) is 8.83. The Bertz CT molecular complexity index is 1070. The highest BCUT2D eigenvalue weighted by Gasteiger charge is 2.15. The van der Waals surface area contributed by atoms with Gasteiger partial charge in [-0.1, -0.05) is 19.1 Å². The van der Waals surface area contributed by atoms with Crippen molar-refractivity contribution in [1.82, 2.24) is 9.55 Å². The zero-order valence-corrected chi connectivity index (χ0v) is 14.9. The second kappa shape index (κ2) is 7.11. The van der Waals surface area contributed by atoms with Gasteiger partial charge >= 0.3 is 0 Å². The summed E-state index contributed by atoms with van der Waals surface area (Å²) in [4.78, 5) is 29.8. The number of hydrogen-bond donors (Lipinski definition) is 1. The Kier molecular flexibility index (Phi) is 4.50. The van der Waals surface area contributed by atoms with Gasteiger partial charge in [0, 0.05) is 18.2 Å². The molecule has 7 heteroatoms. The van der Waals surface area contributed by atoms with Crippen LogP contribution in [0, 0.1) is 0 Å². The van der Waals surface area contributed by atoms with Gasteiger partial charge in [0.25, 0.3) is 5.56 Å². The van der Waals surface area contributed by atoms with Crippen molar-refractivity contribution in [3.63, 3.8) is 0 Å². The maximum atomic E-state index is 12.8. The van der Waals surface area contributed by atoms with Gasteiger partial charge in [0.15, 0.2) is 11.5 Å². The third kappa shape index (κ3) is 3.36. The molecule has 1 aliphatic rings. The number of amides is 1. The molecular formula is C20H19N3O4. The molecule has 0 saturated heterocycles. The van der Waals surface area contributed by atoms with Gasteiger partial charge in [0.2, 0.25) is 5.91 Å². The molecule has 0 atom stereocenters. The number of nitrogens with zero attached hydrogens (tertiary/aromatic N) is 2. The average Bonchev–Trinajstić information content (AvgIpc) is 2.70. The second-order valence-corrected chi connectivity index (χ2v) is 6.20. The number of nitrogens with one attached hydrogen (secondary N) is 1. The molecule has 138 valence electrons. The number of carbonyl (C=O) groups excluding carboxylic acids is 1. The monoisotopic (exact) mass is 365 g/mol. The lowest BCUT2D eigenvalue weighted by atomic mass is 10.2. The maximum absolute atomic E-state index is 12.8. The van der Waals surface area contributed by atoms with Crippen LogP contribution in [-0.2, 0) is 17.8 Å². The number of ether oxygens (including phenoxy) is 2. The van der Waals surface area contributed by atoms with E-state index in [9.17, 15) is 9.59 Å². The van der Waals surface area contributed by atoms with E-state index in [2.05, 4.69) is 10.3 Å². The quantitative estimate of drug-likeness (QED) is 0.768. The third-order valence-electron chi connectivity index (χ3n) is 4.38. The van der Waals surface area contributed by atoms with Gasteiger partial charge < -0.3 is 14.8 Å². The van der Waals surface area contributed by atoms with E-state index in [1.807, 2.05) is 13.0 Å². The first-order chi connectivity index (χ1) is 13.2. The normalized spacial score (nSPS) is 12.8. The van der Waals surface area contributed by atoms with Gasteiger partial charge in [-0.25, -0.2) is 4.98 Å². The number of para-hydroxylation sites is 1. The highest BCUT2D eigenvalue weighted by molar-refractivity contribution is 5.91. The topological polar surface area (TPSA) is 82.5 Å². The lowest BCUT2D eigenvalue weighted by Crippen LogP contribution is -2.31. The Hall–Kier alpha value is -3.35. The fraction of sp³-hybridized carbons (Fsp3) is 0.250. The van der Waals surface area contributed by atoms with Gasteiger partial charge in [-0.2, -0.15) is 0 Å². The van der Waals surface area contributed by atoms with E-state index in [0.717, 1.165) is 0 Å². The molecule has 0 aliphatic carbocycles. The molecule has 2 heterocycles. The number of hydrogen-bond acceptors (Lipinski definition) is 5. The summed E-state index contributed by atoms with van der Waals surface area (Å²) in [7, 11) is 0. The van der Waals surface area contributed by atoms with Gasteiger partial charge in [-0.05, 0) is 24.3 Å². The van der Waals surface area contributed by atoms with Gasteiger partial charge in [-0.15, -0.1) is 0 Å². The van der Waals surface area contributed by atoms with Crippen LogP contribution in [-0.4, -0.2) is 28.7 Å². The van der Waals surface area contributed by atoms with Crippen LogP contribution in [0.1, 0.15) is 12.7 Å². The lowest BCUT2D eigenvalue weighted by molar-refractivity contribution is -0.116. The fourth-order valence-electron chi connectivity index (χ4n) is 3.11. The van der Waals surface area contributed by atoms with Crippen molar-refractivity contribution >= 4 is 22.5 Å². The van der Waals surface area contributed by atoms with Crippen LogP contribution in [0.5, 0.6) is 11.5 Å². The first-order valence-electron chi connectivity index (χ1n) is 8.83. The van der Waals surface area contributed by atoms with E-state index in [1.165, 1.54) is 4.57 Å². The van der Waals surface area contributed by atoms with Crippen LogP contribution in [0.25, 0.3) is 10.9 Å². The van der Waals surface area contributed by atoms with Crippen LogP contribution in [0.15, 0.2) is 47.3 Å². The van der Waals surface area contributed by atoms with Crippen LogP contribution in [0.2, 0.25) is 0 Å². The Morgan fingerprint density at radius 1 is 1.15 bits per heavy atom. The number of aromatic nitrogens is 2. The molecule has 2 aromatic carbocycles. The van der Waals surface area contributed by atoms with Crippen molar-refractivity contribution in [1.29, 1.82) is 0 Å². The van der Waals surface area contributed by atoms with E-state index in [1.54, 1.807) is 36.4 Å². The van der Waals surface area contributed by atoms with E-state index in [4.69, 9.17) is 9.47 Å². The molecule has 0 radical (unpaired) electrons. The summed E-state index contributed by atoms with van der Waals surface area (Å²) in [6.07, 6.45) is 0.553. The Balaban J connectivity index is 1.59. The molecule has 27 heavy (non-hydrogen) atoms. The minimum atomic E-state index is -0.305. The van der Waals surface area contributed by atoms with Gasteiger partial charge in [-0.3, -0.25) is 14.2 Å². The molecule has 3 aromatic rings. The van der Waals surface area contributed by atoms with Crippen molar-refractivity contribution in [2.45, 2.75) is 19.9 Å². The smallest absolute Gasteiger partial charge is 0.261 e. The summed E-state index contributed by atoms with van der Waals surface area (Å²) in [5.74, 6) is 1.52. The predicted molar refractivity (Wildman–Crippen MR) is 101 cm³/mol. The van der Waals surface area contributed by atoms with Crippen molar-refractivity contribution in [2.75, 3.05) is 18.5 Å². The lowest BCUT2D eigenvalue weighted by Gasteiger charge is -2.19. The third-order valence-corrected chi connectivity index (χ3v) is 4.38. The SMILES string of the molecule is CCc1nc2ccccc2c(=O)n1CC(=O)Nc1ccc2c(c1)OCCO2. The van der Waals surface area contributed by atoms with E-state index in [0.29, 0.717) is 53.5 Å². The highest BCUT2D eigenvalue weighted by Crippen LogP contribution is 2.32. The Labute approximate surface area is 155 Å². The number of fused-ring (bicyclic) bond motifs is 2. The standard InChI is InChI=1S/C20H19N3O4/c1-2-18-22-15-6-4-3-5-14(15)20(25)23(18)12-19(24)21-13-7-8-16-17(11-13)27-10-9-26-16/h3-8,11H,2,9-10,12H2,1H3,(H,21,24). The Morgan fingerprint density at radius 3 is 2.74 bits per heavy atom. The molecule has 1 amide bonds. The molecular weight excluding hydrogens is 346 g/mol. The molecule has 7 nitrogen and oxygen atoms in total. The minimum Gasteiger partial charge on any atom is -0.486 e. The molecule has 1 N–H and O–H groups in total. The fourth-order valence-corrected chi connectivity index (χ4v) is 3.11. The Morgan fingerprint density at radius 2 is 1.93 bits per heavy atom. The highest BCUT2D eigenvalue weighted by atomic mass is 16.6. The van der Waals surface area contributed by atoms with Gasteiger partial charge in [0.1, 0.15) is 25.6 Å². The van der Waals surface area contributed by atoms with Crippen LogP contribution < -0.4 is 20.3 Å². The average molecular weight is 365 g/mol. The summed E-state index contributed by atoms with van der Waals surface area (Å²) < 4.78 is 12.4. The van der Waals surface area contributed by atoms with Crippen molar-refractivity contribution in [3.8, 4) is 11.5 Å². The molecule has 0 unspecified atom stereocenters. The van der Waals surface area contributed by atoms with E-state index in [-0.39, 0.29) is 18.0 Å². The number of carbonyl (C=O) groups is 1. The first kappa shape index (κ1) is 17.1. The molecule has 0 spiro atoms. The summed E-state index contributed by atoms with van der Waals surface area (Å²) in [5.41, 5.74) is 1.02. The van der Waals surface area contributed by atoms with Crippen molar-refractivity contribution in [2.24, 2.45) is 0 Å². The molecule has 0 fully saturated rings. The number of aryl methyl sites for hydroxylation is 1. The van der Waals surface area contributed by atoms with Crippen molar-refractivity contribution in [3.05, 3.63) is 58.6 Å².